The lowest BCUT2D eigenvalue weighted by molar-refractivity contribution is -0.118. The van der Waals surface area contributed by atoms with E-state index < -0.39 is 0 Å². The number of aromatic nitrogens is 1. The van der Waals surface area contributed by atoms with E-state index in [0.29, 0.717) is 5.92 Å². The van der Waals surface area contributed by atoms with Gasteiger partial charge in [0.2, 0.25) is 0 Å². The van der Waals surface area contributed by atoms with Crippen LogP contribution in [-0.4, -0.2) is 29.8 Å². The molecule has 1 fully saturated rings. The highest BCUT2D eigenvalue weighted by molar-refractivity contribution is 6.01. The van der Waals surface area contributed by atoms with Crippen LogP contribution in [0.25, 0.3) is 0 Å². The number of pyridine rings is 1. The normalized spacial score (nSPS) is 25.6. The Bertz CT molecular complexity index is 465. The summed E-state index contributed by atoms with van der Waals surface area (Å²) in [6, 6.07) is 5.81. The Hall–Kier alpha value is -1.64. The van der Waals surface area contributed by atoms with Crippen molar-refractivity contribution in [1.29, 1.82) is 0 Å². The lowest BCUT2D eigenvalue weighted by Crippen LogP contribution is -2.28. The topological polar surface area (TPSA) is 33.2 Å². The van der Waals surface area contributed by atoms with Crippen LogP contribution in [0.3, 0.4) is 0 Å². The van der Waals surface area contributed by atoms with E-state index in [1.165, 1.54) is 0 Å². The maximum Gasteiger partial charge on any atom is 0.169 e. The van der Waals surface area contributed by atoms with Gasteiger partial charge in [-0.3, -0.25) is 9.78 Å². The molecule has 1 heterocycles. The summed E-state index contributed by atoms with van der Waals surface area (Å²) in [7, 11) is 3.94. The number of rotatable bonds is 3. The molecule has 1 aromatic rings. The van der Waals surface area contributed by atoms with Crippen molar-refractivity contribution in [3.05, 3.63) is 41.9 Å². The molecular formula is C16H22N2O. The predicted molar refractivity (Wildman–Crippen MR) is 76.8 cm³/mol. The van der Waals surface area contributed by atoms with Gasteiger partial charge < -0.3 is 4.90 Å². The second-order valence-corrected chi connectivity index (χ2v) is 5.40. The molecule has 2 atom stereocenters. The Morgan fingerprint density at radius 1 is 1.37 bits per heavy atom. The van der Waals surface area contributed by atoms with Crippen molar-refractivity contribution in [2.45, 2.75) is 32.1 Å². The van der Waals surface area contributed by atoms with Gasteiger partial charge in [-0.2, -0.15) is 0 Å². The molecule has 2 unspecified atom stereocenters. The summed E-state index contributed by atoms with van der Waals surface area (Å²) < 4.78 is 0. The molecule has 0 bridgehead atoms. The molecular weight excluding hydrogens is 236 g/mol. The highest BCUT2D eigenvalue weighted by Crippen LogP contribution is 2.37. The Morgan fingerprint density at radius 2 is 2.16 bits per heavy atom. The molecule has 0 spiro atoms. The van der Waals surface area contributed by atoms with Gasteiger partial charge >= 0.3 is 0 Å². The minimum absolute atomic E-state index is 0.0600. The van der Waals surface area contributed by atoms with Crippen molar-refractivity contribution < 1.29 is 4.79 Å². The van der Waals surface area contributed by atoms with Gasteiger partial charge in [-0.25, -0.2) is 0 Å². The van der Waals surface area contributed by atoms with Crippen molar-refractivity contribution in [1.82, 2.24) is 9.88 Å². The number of carbonyl (C=O) groups excluding carboxylic acids is 1. The fourth-order valence-electron chi connectivity index (χ4n) is 2.79. The quantitative estimate of drug-likeness (QED) is 0.781. The summed E-state index contributed by atoms with van der Waals surface area (Å²) in [5, 5.41) is 0. The molecule has 1 aliphatic carbocycles. The zero-order valence-corrected chi connectivity index (χ0v) is 12.0. The fourth-order valence-corrected chi connectivity index (χ4v) is 2.79. The number of allylic oxidation sites excluding steroid dienone is 1. The van der Waals surface area contributed by atoms with Gasteiger partial charge in [0.05, 0.1) is 11.6 Å². The highest BCUT2D eigenvalue weighted by atomic mass is 16.1. The van der Waals surface area contributed by atoms with Crippen LogP contribution < -0.4 is 0 Å². The molecule has 0 saturated heterocycles. The molecule has 1 aromatic heterocycles. The third-order valence-electron chi connectivity index (χ3n) is 3.78. The number of carbonyl (C=O) groups is 1. The maximum atomic E-state index is 12.7. The molecule has 1 saturated carbocycles. The minimum Gasteiger partial charge on any atom is -0.383 e. The number of hydrogen-bond acceptors (Lipinski definition) is 3. The van der Waals surface area contributed by atoms with Crippen LogP contribution in [0.15, 0.2) is 36.2 Å². The average molecular weight is 258 g/mol. The van der Waals surface area contributed by atoms with E-state index in [9.17, 15) is 4.79 Å². The number of Topliss-reactive ketones (excluding diaryl/α,β-unsaturated/α-hetero) is 1. The summed E-state index contributed by atoms with van der Waals surface area (Å²) in [6.45, 7) is 2.16. The van der Waals surface area contributed by atoms with Gasteiger partial charge in [0, 0.05) is 32.1 Å². The second kappa shape index (κ2) is 6.00. The van der Waals surface area contributed by atoms with Crippen LogP contribution in [-0.2, 0) is 4.79 Å². The zero-order chi connectivity index (χ0) is 13.8. The van der Waals surface area contributed by atoms with E-state index in [-0.39, 0.29) is 11.7 Å². The van der Waals surface area contributed by atoms with Gasteiger partial charge in [0.1, 0.15) is 0 Å². The number of hydrogen-bond donors (Lipinski definition) is 0. The summed E-state index contributed by atoms with van der Waals surface area (Å²) >= 11 is 0. The molecule has 3 nitrogen and oxygen atoms in total. The molecule has 3 heteroatoms. The first kappa shape index (κ1) is 13.8. The largest absolute Gasteiger partial charge is 0.383 e. The van der Waals surface area contributed by atoms with Crippen molar-refractivity contribution in [3.63, 3.8) is 0 Å². The van der Waals surface area contributed by atoms with E-state index in [4.69, 9.17) is 0 Å². The number of ketones is 1. The van der Waals surface area contributed by atoms with Gasteiger partial charge in [0.25, 0.3) is 0 Å². The van der Waals surface area contributed by atoms with Crippen LogP contribution in [0.2, 0.25) is 0 Å². The third kappa shape index (κ3) is 3.03. The SMILES string of the molecule is CCC1CCC(c2ccccn2)C(=O)C1=CN(C)C. The average Bonchev–Trinajstić information content (AvgIpc) is 2.41. The van der Waals surface area contributed by atoms with Crippen molar-refractivity contribution in [3.8, 4) is 0 Å². The van der Waals surface area contributed by atoms with E-state index in [0.717, 1.165) is 30.5 Å². The first-order chi connectivity index (χ1) is 9.13. The molecule has 0 radical (unpaired) electrons. The monoisotopic (exact) mass is 258 g/mol. The fraction of sp³-hybridized carbons (Fsp3) is 0.500. The van der Waals surface area contributed by atoms with Crippen LogP contribution >= 0.6 is 0 Å². The maximum absolute atomic E-state index is 12.7. The van der Waals surface area contributed by atoms with Gasteiger partial charge in [-0.15, -0.1) is 0 Å². The Balaban J connectivity index is 2.29. The standard InChI is InChI=1S/C16H22N2O/c1-4-12-8-9-13(15-7-5-6-10-17-15)16(19)14(12)11-18(2)3/h5-7,10-13H,4,8-9H2,1-3H3. The van der Waals surface area contributed by atoms with Crippen LogP contribution in [0.5, 0.6) is 0 Å². The first-order valence-corrected chi connectivity index (χ1v) is 6.96. The molecule has 0 aliphatic heterocycles. The minimum atomic E-state index is -0.0600. The summed E-state index contributed by atoms with van der Waals surface area (Å²) in [5.41, 5.74) is 1.88. The molecule has 0 N–H and O–H groups in total. The predicted octanol–water partition coefficient (Wildman–Crippen LogP) is 3.00. The van der Waals surface area contributed by atoms with Crippen molar-refractivity contribution in [2.75, 3.05) is 14.1 Å². The Kier molecular flexibility index (Phi) is 4.35. The van der Waals surface area contributed by atoms with Crippen LogP contribution in [0.1, 0.15) is 37.8 Å². The smallest absolute Gasteiger partial charge is 0.169 e. The van der Waals surface area contributed by atoms with Crippen LogP contribution in [0.4, 0.5) is 0 Å². The van der Waals surface area contributed by atoms with E-state index in [1.807, 2.05) is 43.4 Å². The number of nitrogens with zero attached hydrogens (tertiary/aromatic N) is 2. The summed E-state index contributed by atoms with van der Waals surface area (Å²) in [5.74, 6) is 0.593. The van der Waals surface area contributed by atoms with E-state index >= 15 is 0 Å². The second-order valence-electron chi connectivity index (χ2n) is 5.40. The van der Waals surface area contributed by atoms with E-state index in [1.54, 1.807) is 6.20 Å². The van der Waals surface area contributed by atoms with Crippen LogP contribution in [0, 0.1) is 5.92 Å². The van der Waals surface area contributed by atoms with Gasteiger partial charge in [-0.1, -0.05) is 13.0 Å². The molecule has 0 amide bonds. The zero-order valence-electron chi connectivity index (χ0n) is 12.0. The van der Waals surface area contributed by atoms with Crippen molar-refractivity contribution >= 4 is 5.78 Å². The molecule has 2 rings (SSSR count). The summed E-state index contributed by atoms with van der Waals surface area (Å²) in [6.07, 6.45) is 6.78. The molecule has 0 aromatic carbocycles. The third-order valence-corrected chi connectivity index (χ3v) is 3.78. The summed E-state index contributed by atoms with van der Waals surface area (Å²) in [4.78, 5) is 19.0. The Labute approximate surface area is 115 Å². The lowest BCUT2D eigenvalue weighted by Gasteiger charge is -2.30. The van der Waals surface area contributed by atoms with Crippen molar-refractivity contribution in [2.24, 2.45) is 5.92 Å². The molecule has 19 heavy (non-hydrogen) atoms. The lowest BCUT2D eigenvalue weighted by atomic mass is 9.75. The molecule has 1 aliphatic rings. The molecule has 102 valence electrons. The van der Waals surface area contributed by atoms with Gasteiger partial charge in [-0.05, 0) is 37.3 Å². The van der Waals surface area contributed by atoms with Gasteiger partial charge in [0.15, 0.2) is 5.78 Å². The first-order valence-electron chi connectivity index (χ1n) is 6.96. The van der Waals surface area contributed by atoms with E-state index in [2.05, 4.69) is 11.9 Å². The Morgan fingerprint density at radius 3 is 2.74 bits per heavy atom. The highest BCUT2D eigenvalue weighted by Gasteiger charge is 2.34.